The van der Waals surface area contributed by atoms with Crippen molar-refractivity contribution in [3.63, 3.8) is 0 Å². The van der Waals surface area contributed by atoms with Crippen LogP contribution in [0.15, 0.2) is 5.10 Å². The van der Waals surface area contributed by atoms with E-state index in [9.17, 15) is 0 Å². The van der Waals surface area contributed by atoms with Gasteiger partial charge in [-0.1, -0.05) is 20.3 Å². The fourth-order valence-corrected chi connectivity index (χ4v) is 1.79. The number of hydrogen-bond acceptors (Lipinski definition) is 3. The second-order valence-corrected chi connectivity index (χ2v) is 3.49. The van der Waals surface area contributed by atoms with Gasteiger partial charge in [-0.2, -0.15) is 5.10 Å². The van der Waals surface area contributed by atoms with Gasteiger partial charge in [-0.05, 0) is 19.8 Å². The molecule has 0 aromatic heterocycles. The van der Waals surface area contributed by atoms with Gasteiger partial charge in [0.1, 0.15) is 12.5 Å². The molecule has 1 rings (SSSR count). The lowest BCUT2D eigenvalue weighted by molar-refractivity contribution is 0.127. The van der Waals surface area contributed by atoms with Gasteiger partial charge in [-0.3, -0.25) is 5.01 Å². The van der Waals surface area contributed by atoms with Gasteiger partial charge in [-0.15, -0.1) is 0 Å². The van der Waals surface area contributed by atoms with Crippen LogP contribution in [0.5, 0.6) is 0 Å². The highest BCUT2D eigenvalue weighted by Gasteiger charge is 2.24. The Bertz CT molecular complexity index is 168. The summed E-state index contributed by atoms with van der Waals surface area (Å²) >= 11 is 0. The van der Waals surface area contributed by atoms with Crippen molar-refractivity contribution in [3.8, 4) is 0 Å². The van der Waals surface area contributed by atoms with Crippen molar-refractivity contribution in [2.24, 2.45) is 5.10 Å². The van der Waals surface area contributed by atoms with E-state index < -0.39 is 0 Å². The normalized spacial score (nSPS) is 21.6. The lowest BCUT2D eigenvalue weighted by atomic mass is 10.2. The molecule has 1 atom stereocenters. The molecule has 0 radical (unpaired) electrons. The molecule has 0 spiro atoms. The van der Waals surface area contributed by atoms with Crippen LogP contribution in [0.3, 0.4) is 0 Å². The molecule has 13 heavy (non-hydrogen) atoms. The third-order valence-electron chi connectivity index (χ3n) is 2.43. The van der Waals surface area contributed by atoms with E-state index in [2.05, 4.69) is 35.8 Å². The maximum atomic E-state index is 4.39. The standard InChI is InChI=1S/C10H21N3/c1-4-7-10-12(8-5-2)9-11-13(10)6-3/h9-10H,4-8H2,1-3H3. The minimum absolute atomic E-state index is 0.523. The van der Waals surface area contributed by atoms with Crippen molar-refractivity contribution in [3.05, 3.63) is 0 Å². The van der Waals surface area contributed by atoms with E-state index in [1.807, 2.05) is 6.34 Å². The Morgan fingerprint density at radius 2 is 2.00 bits per heavy atom. The molecule has 0 saturated carbocycles. The molecule has 76 valence electrons. The lowest BCUT2D eigenvalue weighted by Crippen LogP contribution is -2.39. The second kappa shape index (κ2) is 5.10. The minimum Gasteiger partial charge on any atom is -0.339 e. The van der Waals surface area contributed by atoms with Gasteiger partial charge in [0.25, 0.3) is 0 Å². The fraction of sp³-hybridized carbons (Fsp3) is 0.900. The maximum Gasteiger partial charge on any atom is 0.119 e. The van der Waals surface area contributed by atoms with Crippen LogP contribution >= 0.6 is 0 Å². The van der Waals surface area contributed by atoms with Crippen molar-refractivity contribution in [1.29, 1.82) is 0 Å². The van der Waals surface area contributed by atoms with Crippen molar-refractivity contribution in [1.82, 2.24) is 9.91 Å². The molecule has 3 nitrogen and oxygen atoms in total. The summed E-state index contributed by atoms with van der Waals surface area (Å²) in [6.45, 7) is 8.75. The summed E-state index contributed by atoms with van der Waals surface area (Å²) < 4.78 is 0. The monoisotopic (exact) mass is 183 g/mol. The van der Waals surface area contributed by atoms with Crippen LogP contribution < -0.4 is 0 Å². The zero-order valence-corrected chi connectivity index (χ0v) is 9.03. The van der Waals surface area contributed by atoms with Crippen molar-refractivity contribution in [2.75, 3.05) is 13.1 Å². The highest BCUT2D eigenvalue weighted by Crippen LogP contribution is 2.16. The summed E-state index contributed by atoms with van der Waals surface area (Å²) in [5, 5.41) is 6.57. The lowest BCUT2D eigenvalue weighted by Gasteiger charge is -2.29. The van der Waals surface area contributed by atoms with Crippen molar-refractivity contribution >= 4 is 6.34 Å². The first-order chi connectivity index (χ1) is 6.33. The summed E-state index contributed by atoms with van der Waals surface area (Å²) in [6.07, 6.45) is 6.16. The molecule has 1 aliphatic rings. The molecular weight excluding hydrogens is 162 g/mol. The Kier molecular flexibility index (Phi) is 4.06. The third kappa shape index (κ3) is 2.36. The summed E-state index contributed by atoms with van der Waals surface area (Å²) in [4.78, 5) is 2.35. The SMILES string of the molecule is CCCC1N(CCC)C=NN1CC. The molecule has 0 aromatic carbocycles. The quantitative estimate of drug-likeness (QED) is 0.650. The van der Waals surface area contributed by atoms with Crippen LogP contribution in [-0.2, 0) is 0 Å². The third-order valence-corrected chi connectivity index (χ3v) is 2.43. The molecule has 0 N–H and O–H groups in total. The fourth-order valence-electron chi connectivity index (χ4n) is 1.79. The van der Waals surface area contributed by atoms with Gasteiger partial charge in [0, 0.05) is 13.1 Å². The number of hydrogen-bond donors (Lipinski definition) is 0. The van der Waals surface area contributed by atoms with Gasteiger partial charge >= 0.3 is 0 Å². The van der Waals surface area contributed by atoms with Gasteiger partial charge < -0.3 is 4.90 Å². The zero-order valence-electron chi connectivity index (χ0n) is 9.03. The van der Waals surface area contributed by atoms with Crippen LogP contribution in [0, 0.1) is 0 Å². The zero-order chi connectivity index (χ0) is 9.68. The predicted molar refractivity (Wildman–Crippen MR) is 56.6 cm³/mol. The van der Waals surface area contributed by atoms with E-state index in [-0.39, 0.29) is 0 Å². The van der Waals surface area contributed by atoms with E-state index in [0.29, 0.717) is 6.17 Å². The second-order valence-electron chi connectivity index (χ2n) is 3.49. The molecule has 1 unspecified atom stereocenters. The smallest absolute Gasteiger partial charge is 0.119 e. The molecule has 0 aromatic rings. The minimum atomic E-state index is 0.523. The highest BCUT2D eigenvalue weighted by atomic mass is 15.6. The van der Waals surface area contributed by atoms with Crippen molar-refractivity contribution < 1.29 is 0 Å². The van der Waals surface area contributed by atoms with Crippen LogP contribution in [0.25, 0.3) is 0 Å². The van der Waals surface area contributed by atoms with E-state index in [0.717, 1.165) is 13.1 Å². The summed E-state index contributed by atoms with van der Waals surface area (Å²) in [5.41, 5.74) is 0. The molecule has 1 aliphatic heterocycles. The largest absolute Gasteiger partial charge is 0.339 e. The molecule has 1 heterocycles. The van der Waals surface area contributed by atoms with E-state index in [1.54, 1.807) is 0 Å². The number of rotatable bonds is 5. The Balaban J connectivity index is 2.50. The van der Waals surface area contributed by atoms with Gasteiger partial charge in [0.15, 0.2) is 0 Å². The molecular formula is C10H21N3. The van der Waals surface area contributed by atoms with Gasteiger partial charge in [0.05, 0.1) is 0 Å². The molecule has 0 amide bonds. The van der Waals surface area contributed by atoms with Crippen LogP contribution in [0.1, 0.15) is 40.0 Å². The van der Waals surface area contributed by atoms with E-state index in [4.69, 9.17) is 0 Å². The van der Waals surface area contributed by atoms with Crippen LogP contribution in [0.4, 0.5) is 0 Å². The first-order valence-corrected chi connectivity index (χ1v) is 5.39. The molecule has 3 heteroatoms. The van der Waals surface area contributed by atoms with Crippen LogP contribution in [0.2, 0.25) is 0 Å². The Morgan fingerprint density at radius 1 is 1.23 bits per heavy atom. The Morgan fingerprint density at radius 3 is 2.54 bits per heavy atom. The first kappa shape index (κ1) is 10.4. The molecule has 0 fully saturated rings. The van der Waals surface area contributed by atoms with E-state index >= 15 is 0 Å². The van der Waals surface area contributed by atoms with Gasteiger partial charge in [0.2, 0.25) is 0 Å². The number of nitrogens with zero attached hydrogens (tertiary/aromatic N) is 3. The molecule has 0 bridgehead atoms. The van der Waals surface area contributed by atoms with Crippen LogP contribution in [-0.4, -0.2) is 35.5 Å². The molecule has 0 aliphatic carbocycles. The van der Waals surface area contributed by atoms with E-state index in [1.165, 1.54) is 19.3 Å². The Hall–Kier alpha value is -0.730. The predicted octanol–water partition coefficient (Wildman–Crippen LogP) is 2.10. The average molecular weight is 183 g/mol. The van der Waals surface area contributed by atoms with Gasteiger partial charge in [-0.25, -0.2) is 0 Å². The number of hydrazone groups is 1. The summed E-state index contributed by atoms with van der Waals surface area (Å²) in [6, 6.07) is 0. The summed E-state index contributed by atoms with van der Waals surface area (Å²) in [5.74, 6) is 0. The van der Waals surface area contributed by atoms with Crippen molar-refractivity contribution in [2.45, 2.75) is 46.2 Å². The first-order valence-electron chi connectivity index (χ1n) is 5.39. The Labute approximate surface area is 81.4 Å². The highest BCUT2D eigenvalue weighted by molar-refractivity contribution is 5.56. The average Bonchev–Trinajstić information content (AvgIpc) is 2.50. The maximum absolute atomic E-state index is 4.39. The topological polar surface area (TPSA) is 18.8 Å². The summed E-state index contributed by atoms with van der Waals surface area (Å²) in [7, 11) is 0. The molecule has 0 saturated heterocycles.